The Hall–Kier alpha value is -7.38. The van der Waals surface area contributed by atoms with Gasteiger partial charge in [-0.25, -0.2) is 24.0 Å². The second-order valence-electron chi connectivity index (χ2n) is 13.6. The van der Waals surface area contributed by atoms with Gasteiger partial charge in [0.25, 0.3) is 0 Å². The van der Waals surface area contributed by atoms with Crippen LogP contribution in [-0.4, -0.2) is 71.2 Å². The van der Waals surface area contributed by atoms with E-state index in [0.29, 0.717) is 5.56 Å². The van der Waals surface area contributed by atoms with Gasteiger partial charge in [-0.3, -0.25) is 4.68 Å². The van der Waals surface area contributed by atoms with Crippen LogP contribution in [-0.2, 0) is 41.6 Å². The monoisotopic (exact) mass is 808 g/mol. The predicted molar refractivity (Wildman–Crippen MR) is 215 cm³/mol. The molecule has 0 spiro atoms. The number of ether oxygens (including phenoxy) is 6. The molecule has 0 radical (unpaired) electrons. The fourth-order valence-corrected chi connectivity index (χ4v) is 6.65. The molecule has 13 nitrogen and oxygen atoms in total. The second-order valence-corrected chi connectivity index (χ2v) is 13.6. The van der Waals surface area contributed by atoms with Crippen molar-refractivity contribution in [1.82, 2.24) is 9.78 Å². The van der Waals surface area contributed by atoms with Crippen LogP contribution in [0.3, 0.4) is 0 Å². The summed E-state index contributed by atoms with van der Waals surface area (Å²) in [6.45, 7) is 0.911. The lowest BCUT2D eigenvalue weighted by molar-refractivity contribution is -0.0452. The van der Waals surface area contributed by atoms with Crippen molar-refractivity contribution < 1.29 is 52.4 Å². The Kier molecular flexibility index (Phi) is 13.2. The van der Waals surface area contributed by atoms with E-state index in [0.717, 1.165) is 5.56 Å². The Morgan fingerprint density at radius 1 is 0.550 bits per heavy atom. The number of hydrogen-bond acceptors (Lipinski definition) is 12. The van der Waals surface area contributed by atoms with Gasteiger partial charge in [-0.1, -0.05) is 115 Å². The zero-order chi connectivity index (χ0) is 41.8. The van der Waals surface area contributed by atoms with E-state index in [2.05, 4.69) is 0 Å². The Morgan fingerprint density at radius 2 is 1.03 bits per heavy atom. The smallest absolute Gasteiger partial charge is 0.357 e. The summed E-state index contributed by atoms with van der Waals surface area (Å²) in [5.74, 6) is -4.15. The van der Waals surface area contributed by atoms with Crippen LogP contribution in [0.1, 0.15) is 81.8 Å². The normalized spacial score (nSPS) is 16.9. The van der Waals surface area contributed by atoms with E-state index in [-0.39, 0.29) is 53.4 Å². The van der Waals surface area contributed by atoms with Crippen molar-refractivity contribution >= 4 is 29.8 Å². The summed E-state index contributed by atoms with van der Waals surface area (Å²) in [6.07, 6.45) is -5.75. The van der Waals surface area contributed by atoms with E-state index < -0.39 is 60.9 Å². The summed E-state index contributed by atoms with van der Waals surface area (Å²) in [4.78, 5) is 69.3. The van der Waals surface area contributed by atoms with E-state index in [1.165, 1.54) is 16.8 Å². The fourth-order valence-electron chi connectivity index (χ4n) is 6.65. The van der Waals surface area contributed by atoms with Crippen LogP contribution < -0.4 is 0 Å². The molecule has 2 heterocycles. The molecule has 6 aromatic rings. The van der Waals surface area contributed by atoms with E-state index in [1.807, 2.05) is 36.4 Å². The molecule has 0 amide bonds. The number of nitrogens with zero attached hydrogens (tertiary/aromatic N) is 2. The molecule has 4 atom stereocenters. The molecule has 304 valence electrons. The van der Waals surface area contributed by atoms with Gasteiger partial charge in [0.15, 0.2) is 17.9 Å². The first-order valence-electron chi connectivity index (χ1n) is 19.2. The van der Waals surface area contributed by atoms with E-state index in [4.69, 9.17) is 33.5 Å². The van der Waals surface area contributed by atoms with Crippen LogP contribution >= 0.6 is 0 Å². The number of hydrogen-bond donors (Lipinski definition) is 0. The first kappa shape index (κ1) is 40.8. The lowest BCUT2D eigenvalue weighted by Crippen LogP contribution is -2.41. The average molecular weight is 809 g/mol. The summed E-state index contributed by atoms with van der Waals surface area (Å²) >= 11 is 0. The molecule has 13 heteroatoms. The highest BCUT2D eigenvalue weighted by Crippen LogP contribution is 2.41. The molecule has 1 aromatic heterocycles. The van der Waals surface area contributed by atoms with Crippen molar-refractivity contribution in [1.29, 1.82) is 0 Å². The van der Waals surface area contributed by atoms with Crippen molar-refractivity contribution in [3.8, 4) is 0 Å². The molecule has 60 heavy (non-hydrogen) atoms. The lowest BCUT2D eigenvalue weighted by atomic mass is 10.0. The highest BCUT2D eigenvalue weighted by Gasteiger charge is 2.54. The topological polar surface area (TPSA) is 159 Å². The predicted octanol–water partition coefficient (Wildman–Crippen LogP) is 7.21. The minimum absolute atomic E-state index is 0.00521. The van der Waals surface area contributed by atoms with Crippen LogP contribution in [0.2, 0.25) is 0 Å². The number of carbonyl (C=O) groups is 5. The molecule has 1 saturated heterocycles. The zero-order valence-corrected chi connectivity index (χ0v) is 32.5. The maximum absolute atomic E-state index is 14.2. The number of rotatable bonds is 15. The first-order valence-corrected chi connectivity index (χ1v) is 19.2. The van der Waals surface area contributed by atoms with Crippen molar-refractivity contribution in [2.75, 3.05) is 13.2 Å². The second kappa shape index (κ2) is 19.4. The van der Waals surface area contributed by atoms with Gasteiger partial charge in [-0.2, -0.15) is 5.10 Å². The number of benzene rings is 5. The number of esters is 5. The maximum atomic E-state index is 14.2. The van der Waals surface area contributed by atoms with Gasteiger partial charge in [-0.05, 0) is 54.4 Å². The lowest BCUT2D eigenvalue weighted by Gasteiger charge is -2.24. The van der Waals surface area contributed by atoms with Gasteiger partial charge in [0, 0.05) is 0 Å². The van der Waals surface area contributed by atoms with Gasteiger partial charge < -0.3 is 28.4 Å². The Labute approximate surface area is 345 Å². The highest BCUT2D eigenvalue weighted by atomic mass is 16.7. The van der Waals surface area contributed by atoms with Crippen LogP contribution in [0.5, 0.6) is 0 Å². The van der Waals surface area contributed by atoms with E-state index in [9.17, 15) is 24.0 Å². The summed E-state index contributed by atoms with van der Waals surface area (Å²) < 4.78 is 37.1. The van der Waals surface area contributed by atoms with Crippen LogP contribution in [0.25, 0.3) is 0 Å². The molecular formula is C47H40N2O11. The van der Waals surface area contributed by atoms with Crippen molar-refractivity contribution in [3.63, 3.8) is 0 Å². The number of aromatic nitrogens is 2. The molecule has 0 N–H and O–H groups in total. The van der Waals surface area contributed by atoms with Gasteiger partial charge in [0.1, 0.15) is 36.7 Å². The molecule has 1 fully saturated rings. The van der Waals surface area contributed by atoms with Crippen molar-refractivity contribution in [2.24, 2.45) is 0 Å². The van der Waals surface area contributed by atoms with Crippen molar-refractivity contribution in [3.05, 3.63) is 196 Å². The quantitative estimate of drug-likeness (QED) is 0.0759. The highest BCUT2D eigenvalue weighted by molar-refractivity contribution is 6.03. The van der Waals surface area contributed by atoms with Crippen LogP contribution in [0.4, 0.5) is 0 Å². The minimum Gasteiger partial charge on any atom is -0.462 e. The van der Waals surface area contributed by atoms with Crippen molar-refractivity contribution in [2.45, 2.75) is 44.5 Å². The first-order chi connectivity index (χ1) is 29.3. The molecular weight excluding hydrogens is 769 g/mol. The Bertz CT molecular complexity index is 2410. The molecule has 0 unspecified atom stereocenters. The summed E-state index contributed by atoms with van der Waals surface area (Å²) in [6, 6.07) is 42.5. The van der Waals surface area contributed by atoms with Gasteiger partial charge in [0.2, 0.25) is 0 Å². The van der Waals surface area contributed by atoms with Crippen LogP contribution in [0, 0.1) is 0 Å². The van der Waals surface area contributed by atoms with Gasteiger partial charge in [0.05, 0.1) is 29.8 Å². The van der Waals surface area contributed by atoms with Crippen LogP contribution in [0.15, 0.2) is 152 Å². The maximum Gasteiger partial charge on any atom is 0.357 e. The fraction of sp³-hybridized carbons (Fsp3) is 0.191. The van der Waals surface area contributed by atoms with Gasteiger partial charge in [-0.15, -0.1) is 0 Å². The Balaban J connectivity index is 1.35. The number of carbonyl (C=O) groups excluding carboxylic acids is 5. The average Bonchev–Trinajstić information content (AvgIpc) is 3.83. The third-order valence-corrected chi connectivity index (χ3v) is 9.51. The molecule has 7 rings (SSSR count). The SMILES string of the molecule is CCOC(=O)c1c([C@@H]2O[C@H](COC(=O)c3ccccc3)[C@@H](OC(=O)c3ccccc3)[C@H]2OC(=O)c2ccccc2)nn(Cc2ccccc2)c1C(=O)OCc1ccccc1. The molecule has 0 bridgehead atoms. The Morgan fingerprint density at radius 3 is 1.57 bits per heavy atom. The molecule has 0 aliphatic carbocycles. The molecule has 1 aliphatic rings. The largest absolute Gasteiger partial charge is 0.462 e. The van der Waals surface area contributed by atoms with Gasteiger partial charge >= 0.3 is 29.8 Å². The molecule has 0 saturated carbocycles. The zero-order valence-electron chi connectivity index (χ0n) is 32.5. The van der Waals surface area contributed by atoms with E-state index >= 15 is 0 Å². The third-order valence-electron chi connectivity index (χ3n) is 9.51. The molecule has 5 aromatic carbocycles. The summed E-state index contributed by atoms with van der Waals surface area (Å²) in [5, 5.41) is 4.80. The summed E-state index contributed by atoms with van der Waals surface area (Å²) in [7, 11) is 0. The summed E-state index contributed by atoms with van der Waals surface area (Å²) in [5.41, 5.74) is 1.27. The van der Waals surface area contributed by atoms with E-state index in [1.54, 1.807) is 110 Å². The third kappa shape index (κ3) is 9.65. The minimum atomic E-state index is -1.52. The standard InChI is InChI=1S/C47H40N2O11/c1-2-55-46(53)37-38(48-49(28-31-18-8-3-9-19-31)39(37)47(54)56-29-32-20-10-4-11-21-32)41-42(60-45(52)35-26-16-7-17-27-35)40(59-44(51)34-24-14-6-15-25-34)36(58-41)30-57-43(50)33-22-12-5-13-23-33/h3-27,36,40-42H,2,28-30H2,1H3/t36-,40-,41+,42-/m1/s1. The molecule has 1 aliphatic heterocycles.